The highest BCUT2D eigenvalue weighted by Crippen LogP contribution is 2.33. The third-order valence-electron chi connectivity index (χ3n) is 5.78. The van der Waals surface area contributed by atoms with Crippen LogP contribution in [-0.4, -0.2) is 90.8 Å². The van der Waals surface area contributed by atoms with Crippen molar-refractivity contribution in [2.45, 2.75) is 80.7 Å². The smallest absolute Gasteiger partial charge is 0.136 e. The van der Waals surface area contributed by atoms with E-state index in [2.05, 4.69) is 21.8 Å². The molecule has 168 valence electrons. The topological polar surface area (TPSA) is 108 Å². The first-order valence-corrected chi connectivity index (χ1v) is 12.7. The summed E-state index contributed by atoms with van der Waals surface area (Å²) >= 11 is 0.133. The van der Waals surface area contributed by atoms with Crippen molar-refractivity contribution in [2.75, 3.05) is 25.4 Å². The molecule has 0 aromatic rings. The van der Waals surface area contributed by atoms with Crippen LogP contribution in [0.1, 0.15) is 40.0 Å². The van der Waals surface area contributed by atoms with E-state index in [0.29, 0.717) is 12.3 Å². The number of fused-ring (bicyclic) bond motifs is 2. The second kappa shape index (κ2) is 10.2. The zero-order valence-corrected chi connectivity index (χ0v) is 19.2. The van der Waals surface area contributed by atoms with Gasteiger partial charge in [0.15, 0.2) is 0 Å². The minimum atomic E-state index is -1.35. The highest BCUT2D eigenvalue weighted by atomic mass is 32.2. The van der Waals surface area contributed by atoms with Gasteiger partial charge in [-0.25, -0.2) is 0 Å². The maximum absolute atomic E-state index is 12.7. The van der Waals surface area contributed by atoms with Crippen molar-refractivity contribution in [3.63, 3.8) is 0 Å². The molecule has 0 aromatic carbocycles. The Labute approximate surface area is 181 Å². The Kier molecular flexibility index (Phi) is 8.36. The van der Waals surface area contributed by atoms with E-state index in [0.717, 1.165) is 25.4 Å². The minimum Gasteiger partial charge on any atom is -0.598 e. The molecule has 0 aromatic heterocycles. The Hall–Kier alpha value is 0.160. The largest absolute Gasteiger partial charge is 0.598 e. The summed E-state index contributed by atoms with van der Waals surface area (Å²) in [5.41, 5.74) is -0.627. The monoisotopic (exact) mass is 448 g/mol. The molecule has 3 rings (SSSR count). The molecular formula is C20H36N2O5S2. The molecule has 3 heterocycles. The number of aliphatic hydroxyl groups is 3. The summed E-state index contributed by atoms with van der Waals surface area (Å²) in [4.78, 5) is 2.46. The second-order valence-electron chi connectivity index (χ2n) is 9.31. The lowest BCUT2D eigenvalue weighted by atomic mass is 9.93. The molecule has 3 aliphatic heterocycles. The third-order valence-corrected chi connectivity index (χ3v) is 8.75. The number of hydrogen-bond acceptors (Lipinski definition) is 8. The van der Waals surface area contributed by atoms with Crippen LogP contribution in [0.3, 0.4) is 0 Å². The first-order chi connectivity index (χ1) is 13.7. The van der Waals surface area contributed by atoms with Gasteiger partial charge in [-0.15, -0.1) is 16.5 Å². The quantitative estimate of drug-likeness (QED) is 0.366. The highest BCUT2D eigenvalue weighted by Gasteiger charge is 2.48. The number of aliphatic hydroxyl groups excluding tert-OH is 3. The molecule has 4 N–H and O–H groups in total. The maximum atomic E-state index is 12.7. The van der Waals surface area contributed by atoms with Crippen LogP contribution >= 0.6 is 11.8 Å². The number of rotatable bonds is 4. The highest BCUT2D eigenvalue weighted by molar-refractivity contribution is 7.99. The lowest BCUT2D eigenvalue weighted by Gasteiger charge is -2.44. The van der Waals surface area contributed by atoms with E-state index in [1.807, 2.05) is 20.8 Å². The fourth-order valence-electron chi connectivity index (χ4n) is 4.01. The lowest BCUT2D eigenvalue weighted by molar-refractivity contribution is -0.203. The number of hydrogen-bond donors (Lipinski definition) is 4. The summed E-state index contributed by atoms with van der Waals surface area (Å²) < 4.78 is 21.4. The molecule has 1 unspecified atom stereocenters. The number of nitrogens with zero attached hydrogens (tertiary/aromatic N) is 1. The van der Waals surface area contributed by atoms with Crippen molar-refractivity contribution in [3.05, 3.63) is 12.2 Å². The predicted molar refractivity (Wildman–Crippen MR) is 117 cm³/mol. The van der Waals surface area contributed by atoms with Gasteiger partial charge in [0.05, 0.1) is 6.04 Å². The normalized spacial score (nSPS) is 40.7. The van der Waals surface area contributed by atoms with Crippen LogP contribution in [0.2, 0.25) is 0 Å². The Balaban J connectivity index is 1.78. The standard InChI is InChI=1S/C20H36N2O5S2/c1-20(2,3)29(26)21-14-8-6-7-13(11-22-9-4-5-10-22)12-28-19-17(25)15(23)16(24)18(14)27-19/h6-7,13-19,21,23-25H,4-5,8-12H2,1-3H3/t13-,14+,15-,16+,17+,18+,19+,29?/m0/s1. The fourth-order valence-corrected chi connectivity index (χ4v) is 6.09. The van der Waals surface area contributed by atoms with Gasteiger partial charge in [-0.3, -0.25) is 0 Å². The van der Waals surface area contributed by atoms with Crippen LogP contribution in [0.5, 0.6) is 0 Å². The van der Waals surface area contributed by atoms with Gasteiger partial charge in [0.25, 0.3) is 0 Å². The number of ether oxygens (including phenoxy) is 1. The van der Waals surface area contributed by atoms with Gasteiger partial charge in [-0.2, -0.15) is 0 Å². The van der Waals surface area contributed by atoms with Crippen molar-refractivity contribution >= 4 is 23.1 Å². The van der Waals surface area contributed by atoms with Crippen LogP contribution in [0, 0.1) is 5.92 Å². The molecule has 2 saturated heterocycles. The van der Waals surface area contributed by atoms with Gasteiger partial charge in [-0.1, -0.05) is 12.2 Å². The van der Waals surface area contributed by atoms with E-state index >= 15 is 0 Å². The molecule has 0 spiro atoms. The fraction of sp³-hybridized carbons (Fsp3) is 0.900. The third kappa shape index (κ3) is 6.11. The molecule has 0 saturated carbocycles. The Morgan fingerprint density at radius 1 is 1.17 bits per heavy atom. The van der Waals surface area contributed by atoms with Crippen LogP contribution in [0.25, 0.3) is 0 Å². The SMILES string of the molecule is CC(C)(C)[S+]([O-])N[C@@H]1CC=C[C@@H](CN2CCCC2)CS[C@H]2O[C@H]1[C@H](O)[C@H](O)[C@H]2O. The molecule has 29 heavy (non-hydrogen) atoms. The van der Waals surface area contributed by atoms with Gasteiger partial charge in [-0.05, 0) is 59.0 Å². The summed E-state index contributed by atoms with van der Waals surface area (Å²) in [6.45, 7) is 8.86. The van der Waals surface area contributed by atoms with Crippen molar-refractivity contribution in [1.29, 1.82) is 0 Å². The molecule has 7 nitrogen and oxygen atoms in total. The Morgan fingerprint density at radius 3 is 2.52 bits per heavy atom. The minimum absolute atomic E-state index is 0.309. The first-order valence-electron chi connectivity index (χ1n) is 10.5. The molecular weight excluding hydrogens is 412 g/mol. The van der Waals surface area contributed by atoms with Gasteiger partial charge in [0.1, 0.15) is 34.6 Å². The first kappa shape index (κ1) is 23.8. The van der Waals surface area contributed by atoms with Gasteiger partial charge in [0.2, 0.25) is 0 Å². The zero-order chi connectivity index (χ0) is 21.2. The average molecular weight is 449 g/mol. The van der Waals surface area contributed by atoms with Crippen LogP contribution < -0.4 is 4.72 Å². The maximum Gasteiger partial charge on any atom is 0.136 e. The summed E-state index contributed by atoms with van der Waals surface area (Å²) in [6, 6.07) is -0.433. The number of thioether (sulfide) groups is 1. The molecule has 0 amide bonds. The van der Waals surface area contributed by atoms with Gasteiger partial charge < -0.3 is 29.5 Å². The van der Waals surface area contributed by atoms with Crippen molar-refractivity contribution in [3.8, 4) is 0 Å². The van der Waals surface area contributed by atoms with Crippen molar-refractivity contribution < 1.29 is 24.6 Å². The summed E-state index contributed by atoms with van der Waals surface area (Å²) in [7, 11) is 0. The summed E-state index contributed by atoms with van der Waals surface area (Å²) in [6.07, 6.45) is 2.84. The Bertz CT molecular complexity index is 555. The zero-order valence-electron chi connectivity index (χ0n) is 17.6. The van der Waals surface area contributed by atoms with Crippen LogP contribution in [0.15, 0.2) is 12.2 Å². The van der Waals surface area contributed by atoms with Crippen molar-refractivity contribution in [2.24, 2.45) is 5.92 Å². The second-order valence-corrected chi connectivity index (χ2v) is 12.4. The molecule has 2 bridgehead atoms. The lowest BCUT2D eigenvalue weighted by Crippen LogP contribution is -2.63. The van der Waals surface area contributed by atoms with Gasteiger partial charge >= 0.3 is 0 Å². The number of nitrogens with one attached hydrogen (secondary N) is 1. The summed E-state index contributed by atoms with van der Waals surface area (Å²) in [5.74, 6) is 1.08. The molecule has 3 aliphatic rings. The molecule has 0 radical (unpaired) electrons. The van der Waals surface area contributed by atoms with E-state index in [1.54, 1.807) is 0 Å². The number of likely N-dealkylation sites (tertiary alicyclic amines) is 1. The average Bonchev–Trinajstić information content (AvgIpc) is 3.16. The van der Waals surface area contributed by atoms with E-state index in [-0.39, 0.29) is 0 Å². The van der Waals surface area contributed by atoms with Crippen LogP contribution in [0.4, 0.5) is 0 Å². The summed E-state index contributed by atoms with van der Waals surface area (Å²) in [5, 5.41) is 31.4. The van der Waals surface area contributed by atoms with Gasteiger partial charge in [0, 0.05) is 23.7 Å². The molecule has 2 fully saturated rings. The Morgan fingerprint density at radius 2 is 1.86 bits per heavy atom. The molecule has 9 heteroatoms. The molecule has 0 aliphatic carbocycles. The van der Waals surface area contributed by atoms with Crippen LogP contribution in [-0.2, 0) is 16.1 Å². The molecule has 8 atom stereocenters. The van der Waals surface area contributed by atoms with E-state index in [1.165, 1.54) is 24.6 Å². The van der Waals surface area contributed by atoms with Crippen molar-refractivity contribution in [1.82, 2.24) is 9.62 Å². The van der Waals surface area contributed by atoms with E-state index < -0.39 is 52.0 Å². The predicted octanol–water partition coefficient (Wildman–Crippen LogP) is 0.620. The van der Waals surface area contributed by atoms with E-state index in [4.69, 9.17) is 4.74 Å². The van der Waals surface area contributed by atoms with E-state index in [9.17, 15) is 19.9 Å².